The molecule has 4 nitrogen and oxygen atoms in total. The molecule has 0 aromatic heterocycles. The summed E-state index contributed by atoms with van der Waals surface area (Å²) in [6, 6.07) is 13.5. The number of benzene rings is 2. The molecule has 144 valence electrons. The first-order valence-electron chi connectivity index (χ1n) is 8.14. The first-order chi connectivity index (χ1) is 12.9. The number of carbonyl (C=O) groups excluding carboxylic acids is 1. The second-order valence-corrected chi connectivity index (χ2v) is 5.64. The van der Waals surface area contributed by atoms with Crippen LogP contribution in [0.4, 0.5) is 13.2 Å². The fourth-order valence-corrected chi connectivity index (χ4v) is 2.66. The van der Waals surface area contributed by atoms with Crippen LogP contribution in [0.2, 0.25) is 0 Å². The number of alkyl halides is 3. The maximum absolute atomic E-state index is 14.1. The van der Waals surface area contributed by atoms with Crippen molar-refractivity contribution < 1.29 is 27.4 Å². The molecule has 7 heteroatoms. The Morgan fingerprint density at radius 1 is 1.11 bits per heavy atom. The third-order valence-electron chi connectivity index (χ3n) is 3.95. The van der Waals surface area contributed by atoms with Crippen LogP contribution in [0.3, 0.4) is 0 Å². The van der Waals surface area contributed by atoms with Crippen LogP contribution in [0.5, 0.6) is 5.75 Å². The minimum atomic E-state index is -4.98. The highest BCUT2D eigenvalue weighted by Crippen LogP contribution is 2.42. The van der Waals surface area contributed by atoms with E-state index in [1.165, 1.54) is 31.4 Å². The second-order valence-electron chi connectivity index (χ2n) is 5.64. The van der Waals surface area contributed by atoms with E-state index in [0.717, 1.165) is 6.08 Å². The summed E-state index contributed by atoms with van der Waals surface area (Å²) < 4.78 is 52.4. The highest BCUT2D eigenvalue weighted by Gasteiger charge is 2.63. The number of hydrogen-bond acceptors (Lipinski definition) is 3. The quantitative estimate of drug-likeness (QED) is 0.706. The Labute approximate surface area is 155 Å². The molecule has 0 saturated heterocycles. The van der Waals surface area contributed by atoms with Crippen LogP contribution in [-0.4, -0.2) is 25.8 Å². The zero-order valence-electron chi connectivity index (χ0n) is 14.8. The third kappa shape index (κ3) is 4.31. The molecule has 0 bridgehead atoms. The molecule has 0 spiro atoms. The number of rotatable bonds is 8. The van der Waals surface area contributed by atoms with Gasteiger partial charge in [-0.15, -0.1) is 6.58 Å². The van der Waals surface area contributed by atoms with Gasteiger partial charge in [0.25, 0.3) is 11.5 Å². The van der Waals surface area contributed by atoms with Gasteiger partial charge < -0.3 is 14.8 Å². The van der Waals surface area contributed by atoms with E-state index in [-0.39, 0.29) is 12.1 Å². The predicted octanol–water partition coefficient (Wildman–Crippen LogP) is 3.97. The van der Waals surface area contributed by atoms with E-state index in [1.54, 1.807) is 30.3 Å². The summed E-state index contributed by atoms with van der Waals surface area (Å²) in [6.45, 7) is 2.78. The van der Waals surface area contributed by atoms with E-state index in [0.29, 0.717) is 11.3 Å². The predicted molar refractivity (Wildman–Crippen MR) is 95.2 cm³/mol. The maximum atomic E-state index is 14.1. The Balaban J connectivity index is 2.40. The molecule has 0 aliphatic heterocycles. The lowest BCUT2D eigenvalue weighted by molar-refractivity contribution is -0.270. The molecule has 2 aromatic rings. The Hall–Kier alpha value is -2.80. The number of halogens is 3. The van der Waals surface area contributed by atoms with Gasteiger partial charge in [0.05, 0.1) is 13.7 Å². The van der Waals surface area contributed by atoms with Gasteiger partial charge in [-0.05, 0) is 6.07 Å². The zero-order valence-corrected chi connectivity index (χ0v) is 14.8. The summed E-state index contributed by atoms with van der Waals surface area (Å²) in [4.78, 5) is 12.8. The summed E-state index contributed by atoms with van der Waals surface area (Å²) in [5.41, 5.74) is -2.91. The van der Waals surface area contributed by atoms with Crippen LogP contribution < -0.4 is 10.1 Å². The molecule has 0 aliphatic rings. The van der Waals surface area contributed by atoms with E-state index < -0.39 is 24.3 Å². The van der Waals surface area contributed by atoms with Crippen molar-refractivity contribution in [2.45, 2.75) is 18.3 Å². The summed E-state index contributed by atoms with van der Waals surface area (Å²) >= 11 is 0. The second kappa shape index (κ2) is 8.73. The summed E-state index contributed by atoms with van der Waals surface area (Å²) in [5, 5.41) is 2.33. The van der Waals surface area contributed by atoms with E-state index in [2.05, 4.69) is 11.9 Å². The van der Waals surface area contributed by atoms with Gasteiger partial charge in [-0.3, -0.25) is 4.79 Å². The van der Waals surface area contributed by atoms with E-state index in [1.807, 2.05) is 0 Å². The van der Waals surface area contributed by atoms with Crippen LogP contribution in [0.1, 0.15) is 11.1 Å². The molecule has 0 radical (unpaired) electrons. The van der Waals surface area contributed by atoms with E-state index in [4.69, 9.17) is 9.47 Å². The molecule has 2 rings (SSSR count). The van der Waals surface area contributed by atoms with Gasteiger partial charge >= 0.3 is 6.18 Å². The number of nitrogens with one attached hydrogen (secondary N) is 1. The molecule has 0 aliphatic carbocycles. The molecule has 27 heavy (non-hydrogen) atoms. The topological polar surface area (TPSA) is 47.6 Å². The molecular formula is C20H20F3NO3. The first kappa shape index (κ1) is 20.5. The van der Waals surface area contributed by atoms with Crippen molar-refractivity contribution >= 4 is 5.91 Å². The van der Waals surface area contributed by atoms with E-state index in [9.17, 15) is 18.0 Å². The highest BCUT2D eigenvalue weighted by atomic mass is 19.4. The van der Waals surface area contributed by atoms with Gasteiger partial charge in [-0.1, -0.05) is 54.6 Å². The lowest BCUT2D eigenvalue weighted by Crippen LogP contribution is -2.56. The average molecular weight is 379 g/mol. The average Bonchev–Trinajstić information content (AvgIpc) is 2.67. The van der Waals surface area contributed by atoms with Crippen LogP contribution in [0.25, 0.3) is 0 Å². The lowest BCUT2D eigenvalue weighted by Gasteiger charge is -2.34. The van der Waals surface area contributed by atoms with Crippen molar-refractivity contribution in [3.8, 4) is 5.75 Å². The van der Waals surface area contributed by atoms with Crippen molar-refractivity contribution in [1.29, 1.82) is 0 Å². The lowest BCUT2D eigenvalue weighted by atomic mass is 9.91. The molecule has 0 saturated carbocycles. The standard InChI is InChI=1S/C20H20F3NO3/c1-3-13-27-19(20(21,22)23,16-10-5-4-6-11-16)18(25)24-14-15-9-7-8-12-17(15)26-2/h3-12H,1,13-14H2,2H3,(H,24,25). The smallest absolute Gasteiger partial charge is 0.430 e. The third-order valence-corrected chi connectivity index (χ3v) is 3.95. The van der Waals surface area contributed by atoms with Crippen molar-refractivity contribution in [2.75, 3.05) is 13.7 Å². The molecule has 1 unspecified atom stereocenters. The Kier molecular flexibility index (Phi) is 6.63. The van der Waals surface area contributed by atoms with Gasteiger partial charge in [0.2, 0.25) is 0 Å². The van der Waals surface area contributed by atoms with Crippen molar-refractivity contribution in [3.63, 3.8) is 0 Å². The minimum absolute atomic E-state index is 0.148. The van der Waals surface area contributed by atoms with Crippen molar-refractivity contribution in [1.82, 2.24) is 5.32 Å². The zero-order chi connectivity index (χ0) is 19.9. The van der Waals surface area contributed by atoms with Crippen LogP contribution in [0, 0.1) is 0 Å². The molecule has 1 N–H and O–H groups in total. The first-order valence-corrected chi connectivity index (χ1v) is 8.14. The number of carbonyl (C=O) groups is 1. The summed E-state index contributed by atoms with van der Waals surface area (Å²) in [6.07, 6.45) is -3.82. The minimum Gasteiger partial charge on any atom is -0.496 e. The number of para-hydroxylation sites is 1. The number of hydrogen-bond donors (Lipinski definition) is 1. The SMILES string of the molecule is C=CCOC(C(=O)NCc1ccccc1OC)(c1ccccc1)C(F)(F)F. The van der Waals surface area contributed by atoms with Crippen molar-refractivity contribution in [2.24, 2.45) is 0 Å². The Morgan fingerprint density at radius 2 is 1.74 bits per heavy atom. The fourth-order valence-electron chi connectivity index (χ4n) is 2.66. The van der Waals surface area contributed by atoms with Gasteiger partial charge in [0, 0.05) is 17.7 Å². The normalized spacial score (nSPS) is 13.5. The molecule has 2 aromatic carbocycles. The molecule has 0 heterocycles. The molecule has 1 atom stereocenters. The highest BCUT2D eigenvalue weighted by molar-refractivity contribution is 5.87. The molecular weight excluding hydrogens is 359 g/mol. The van der Waals surface area contributed by atoms with Crippen LogP contribution in [-0.2, 0) is 21.7 Å². The van der Waals surface area contributed by atoms with Crippen LogP contribution in [0.15, 0.2) is 67.3 Å². The van der Waals surface area contributed by atoms with Crippen LogP contribution >= 0.6 is 0 Å². The molecule has 1 amide bonds. The fraction of sp³-hybridized carbons (Fsp3) is 0.250. The summed E-state index contributed by atoms with van der Waals surface area (Å²) in [5.74, 6) is -0.851. The maximum Gasteiger partial charge on any atom is 0.430 e. The Bertz CT molecular complexity index is 778. The van der Waals surface area contributed by atoms with Gasteiger partial charge in [0.1, 0.15) is 5.75 Å². The summed E-state index contributed by atoms with van der Waals surface area (Å²) in [7, 11) is 1.44. The van der Waals surface area contributed by atoms with Gasteiger partial charge in [-0.25, -0.2) is 0 Å². The number of amides is 1. The van der Waals surface area contributed by atoms with Gasteiger partial charge in [0.15, 0.2) is 0 Å². The number of methoxy groups -OCH3 is 1. The number of ether oxygens (including phenoxy) is 2. The van der Waals surface area contributed by atoms with E-state index >= 15 is 0 Å². The monoisotopic (exact) mass is 379 g/mol. The van der Waals surface area contributed by atoms with Gasteiger partial charge in [-0.2, -0.15) is 13.2 Å². The molecule has 0 fully saturated rings. The Morgan fingerprint density at radius 3 is 2.33 bits per heavy atom. The van der Waals surface area contributed by atoms with Crippen molar-refractivity contribution in [3.05, 3.63) is 78.4 Å². The largest absolute Gasteiger partial charge is 0.496 e.